The molecular weight excluding hydrogens is 240 g/mol. The van der Waals surface area contributed by atoms with Gasteiger partial charge in [0, 0.05) is 31.4 Å². The number of nitrogens with zero attached hydrogens (tertiary/aromatic N) is 2. The summed E-state index contributed by atoms with van der Waals surface area (Å²) in [6.07, 6.45) is 5.47. The Morgan fingerprint density at radius 2 is 2.26 bits per heavy atom. The van der Waals surface area contributed by atoms with Crippen molar-refractivity contribution in [2.45, 2.75) is 38.8 Å². The Kier molecular flexibility index (Phi) is 3.09. The topological polar surface area (TPSA) is 72.9 Å². The molecule has 0 saturated heterocycles. The van der Waals surface area contributed by atoms with Crippen LogP contribution in [0.5, 0.6) is 0 Å². The van der Waals surface area contributed by atoms with E-state index in [0.717, 1.165) is 17.7 Å². The molecule has 4 atom stereocenters. The molecule has 1 aromatic heterocycles. The molecule has 3 rings (SSSR count). The van der Waals surface area contributed by atoms with Gasteiger partial charge < -0.3 is 11.1 Å². The lowest BCUT2D eigenvalue weighted by molar-refractivity contribution is -0.127. The molecule has 0 aliphatic heterocycles. The van der Waals surface area contributed by atoms with E-state index in [4.69, 9.17) is 5.73 Å². The summed E-state index contributed by atoms with van der Waals surface area (Å²) in [4.78, 5) is 12.3. The van der Waals surface area contributed by atoms with Crippen LogP contribution < -0.4 is 11.1 Å². The number of aromatic nitrogens is 2. The third-order valence-electron chi connectivity index (χ3n) is 4.85. The highest BCUT2D eigenvalue weighted by molar-refractivity contribution is 5.80. The van der Waals surface area contributed by atoms with Crippen LogP contribution >= 0.6 is 0 Å². The molecule has 2 fully saturated rings. The second kappa shape index (κ2) is 4.63. The Morgan fingerprint density at radius 1 is 1.53 bits per heavy atom. The second-order valence-corrected chi connectivity index (χ2v) is 6.07. The SMILES string of the molecule is Cc1nn(C)cc1CNC(=O)C1C2CCC(C2)C1N. The molecule has 1 aromatic rings. The Morgan fingerprint density at radius 3 is 2.84 bits per heavy atom. The molecule has 0 aromatic carbocycles. The highest BCUT2D eigenvalue weighted by Crippen LogP contribution is 2.47. The monoisotopic (exact) mass is 262 g/mol. The van der Waals surface area contributed by atoms with Gasteiger partial charge in [0.15, 0.2) is 0 Å². The standard InChI is InChI=1S/C14H22N4O/c1-8-11(7-18(2)17-8)6-16-14(19)12-9-3-4-10(5-9)13(12)15/h7,9-10,12-13H,3-6,15H2,1-2H3,(H,16,19). The Hall–Kier alpha value is -1.36. The molecular formula is C14H22N4O. The van der Waals surface area contributed by atoms with Crippen LogP contribution in [-0.4, -0.2) is 21.7 Å². The summed E-state index contributed by atoms with van der Waals surface area (Å²) in [6.45, 7) is 2.52. The van der Waals surface area contributed by atoms with Crippen molar-refractivity contribution in [1.29, 1.82) is 0 Å². The van der Waals surface area contributed by atoms with Crippen LogP contribution in [0.1, 0.15) is 30.5 Å². The fraction of sp³-hybridized carbons (Fsp3) is 0.714. The normalized spacial score (nSPS) is 32.8. The molecule has 4 unspecified atom stereocenters. The van der Waals surface area contributed by atoms with Crippen LogP contribution in [0, 0.1) is 24.7 Å². The van der Waals surface area contributed by atoms with Crippen molar-refractivity contribution < 1.29 is 4.79 Å². The summed E-state index contributed by atoms with van der Waals surface area (Å²) in [5, 5.41) is 7.32. The smallest absolute Gasteiger partial charge is 0.225 e. The van der Waals surface area contributed by atoms with Crippen LogP contribution in [0.25, 0.3) is 0 Å². The van der Waals surface area contributed by atoms with Gasteiger partial charge in [-0.2, -0.15) is 5.10 Å². The fourth-order valence-electron chi connectivity index (χ4n) is 3.85. The number of nitrogens with two attached hydrogens (primary N) is 1. The van der Waals surface area contributed by atoms with E-state index < -0.39 is 0 Å². The maximum atomic E-state index is 12.3. The minimum Gasteiger partial charge on any atom is -0.352 e. The number of rotatable bonds is 3. The van der Waals surface area contributed by atoms with E-state index in [9.17, 15) is 4.79 Å². The predicted molar refractivity (Wildman–Crippen MR) is 72.1 cm³/mol. The number of aryl methyl sites for hydroxylation is 2. The van der Waals surface area contributed by atoms with E-state index in [1.165, 1.54) is 12.8 Å². The summed E-state index contributed by atoms with van der Waals surface area (Å²) in [5.74, 6) is 1.23. The Bertz CT molecular complexity index is 494. The van der Waals surface area contributed by atoms with Gasteiger partial charge in [0.1, 0.15) is 0 Å². The fourth-order valence-corrected chi connectivity index (χ4v) is 3.85. The van der Waals surface area contributed by atoms with E-state index in [1.54, 1.807) is 4.68 Å². The van der Waals surface area contributed by atoms with Gasteiger partial charge in [-0.25, -0.2) is 0 Å². The molecule has 19 heavy (non-hydrogen) atoms. The van der Waals surface area contributed by atoms with Crippen molar-refractivity contribution in [1.82, 2.24) is 15.1 Å². The summed E-state index contributed by atoms with van der Waals surface area (Å²) in [7, 11) is 1.89. The Balaban J connectivity index is 1.61. The molecule has 2 aliphatic rings. The number of amides is 1. The second-order valence-electron chi connectivity index (χ2n) is 6.07. The van der Waals surface area contributed by atoms with Crippen molar-refractivity contribution in [3.8, 4) is 0 Å². The third-order valence-corrected chi connectivity index (χ3v) is 4.85. The predicted octanol–water partition coefficient (Wildman–Crippen LogP) is 0.718. The maximum absolute atomic E-state index is 12.3. The van der Waals surface area contributed by atoms with Crippen LogP contribution in [0.15, 0.2) is 6.20 Å². The molecule has 5 nitrogen and oxygen atoms in total. The van der Waals surface area contributed by atoms with Gasteiger partial charge in [-0.15, -0.1) is 0 Å². The van der Waals surface area contributed by atoms with Crippen molar-refractivity contribution in [2.75, 3.05) is 0 Å². The maximum Gasteiger partial charge on any atom is 0.225 e. The number of hydrogen-bond acceptors (Lipinski definition) is 3. The summed E-state index contributed by atoms with van der Waals surface area (Å²) in [6, 6.07) is 0.0637. The van der Waals surface area contributed by atoms with Gasteiger partial charge in [-0.3, -0.25) is 9.48 Å². The van der Waals surface area contributed by atoms with Crippen molar-refractivity contribution >= 4 is 5.91 Å². The van der Waals surface area contributed by atoms with Crippen molar-refractivity contribution in [3.05, 3.63) is 17.5 Å². The van der Waals surface area contributed by atoms with Gasteiger partial charge in [-0.05, 0) is 38.0 Å². The molecule has 1 heterocycles. The number of fused-ring (bicyclic) bond motifs is 2. The first-order valence-electron chi connectivity index (χ1n) is 7.08. The zero-order chi connectivity index (χ0) is 13.6. The number of hydrogen-bond donors (Lipinski definition) is 2. The van der Waals surface area contributed by atoms with Crippen molar-refractivity contribution in [3.63, 3.8) is 0 Å². The molecule has 1 amide bonds. The summed E-state index contributed by atoms with van der Waals surface area (Å²) < 4.78 is 1.78. The third kappa shape index (κ3) is 2.16. The van der Waals surface area contributed by atoms with Gasteiger partial charge >= 0.3 is 0 Å². The van der Waals surface area contributed by atoms with Gasteiger partial charge in [-0.1, -0.05) is 0 Å². The lowest BCUT2D eigenvalue weighted by Gasteiger charge is -2.26. The first-order chi connectivity index (χ1) is 9.06. The first-order valence-corrected chi connectivity index (χ1v) is 7.08. The van der Waals surface area contributed by atoms with E-state index >= 15 is 0 Å². The minimum atomic E-state index is 0.0238. The quantitative estimate of drug-likeness (QED) is 0.843. The largest absolute Gasteiger partial charge is 0.352 e. The van der Waals surface area contributed by atoms with E-state index in [-0.39, 0.29) is 17.9 Å². The van der Waals surface area contributed by atoms with E-state index in [2.05, 4.69) is 10.4 Å². The summed E-state index contributed by atoms with van der Waals surface area (Å²) >= 11 is 0. The first kappa shape index (κ1) is 12.7. The van der Waals surface area contributed by atoms with Gasteiger partial charge in [0.2, 0.25) is 5.91 Å². The highest BCUT2D eigenvalue weighted by atomic mass is 16.1. The molecule has 2 bridgehead atoms. The zero-order valence-electron chi connectivity index (χ0n) is 11.6. The van der Waals surface area contributed by atoms with Gasteiger partial charge in [0.05, 0.1) is 11.6 Å². The number of nitrogens with one attached hydrogen (secondary N) is 1. The molecule has 104 valence electrons. The molecule has 2 aliphatic carbocycles. The summed E-state index contributed by atoms with van der Waals surface area (Å²) in [5.41, 5.74) is 8.24. The van der Waals surface area contributed by atoms with Gasteiger partial charge in [0.25, 0.3) is 0 Å². The number of carbonyl (C=O) groups is 1. The lowest BCUT2D eigenvalue weighted by atomic mass is 9.84. The molecule has 0 radical (unpaired) electrons. The number of carbonyl (C=O) groups excluding carboxylic acids is 1. The van der Waals surface area contributed by atoms with E-state index in [1.807, 2.05) is 20.2 Å². The molecule has 0 spiro atoms. The lowest BCUT2D eigenvalue weighted by Crippen LogP contribution is -2.45. The van der Waals surface area contributed by atoms with Crippen LogP contribution in [0.2, 0.25) is 0 Å². The van der Waals surface area contributed by atoms with Crippen molar-refractivity contribution in [2.24, 2.45) is 30.5 Å². The minimum absolute atomic E-state index is 0.0238. The van der Waals surface area contributed by atoms with Crippen LogP contribution in [0.3, 0.4) is 0 Å². The van der Waals surface area contributed by atoms with Crippen LogP contribution in [-0.2, 0) is 18.4 Å². The average molecular weight is 262 g/mol. The zero-order valence-corrected chi connectivity index (χ0v) is 11.6. The molecule has 3 N–H and O–H groups in total. The van der Waals surface area contributed by atoms with E-state index in [0.29, 0.717) is 18.4 Å². The average Bonchev–Trinajstić information content (AvgIpc) is 3.01. The molecule has 2 saturated carbocycles. The Labute approximate surface area is 113 Å². The van der Waals surface area contributed by atoms with Crippen LogP contribution in [0.4, 0.5) is 0 Å². The molecule has 5 heteroatoms. The highest BCUT2D eigenvalue weighted by Gasteiger charge is 2.48.